The Morgan fingerprint density at radius 1 is 0.727 bits per heavy atom. The fourth-order valence-electron chi connectivity index (χ4n) is 2.28. The smallest absolute Gasteiger partial charge is 0.254 e. The summed E-state index contributed by atoms with van der Waals surface area (Å²) in [4.78, 5) is 23.1. The second-order valence-corrected chi connectivity index (χ2v) is 5.25. The molecule has 0 amide bonds. The van der Waals surface area contributed by atoms with E-state index in [1.54, 1.807) is 21.5 Å². The monoisotopic (exact) mass is 304 g/mol. The van der Waals surface area contributed by atoms with Crippen molar-refractivity contribution in [2.24, 2.45) is 0 Å². The van der Waals surface area contributed by atoms with Crippen molar-refractivity contribution in [1.82, 2.24) is 9.13 Å². The molecule has 0 saturated heterocycles. The minimum Gasteiger partial charge on any atom is -0.508 e. The first kappa shape index (κ1) is 15.9. The number of aryl methyl sites for hydroxylation is 2. The van der Waals surface area contributed by atoms with Gasteiger partial charge in [0.05, 0.1) is 0 Å². The van der Waals surface area contributed by atoms with E-state index >= 15 is 0 Å². The lowest BCUT2D eigenvalue weighted by Crippen LogP contribution is -2.18. The highest BCUT2D eigenvalue weighted by Gasteiger charge is 1.99. The predicted molar refractivity (Wildman–Crippen MR) is 83.2 cm³/mol. The first-order valence-corrected chi connectivity index (χ1v) is 7.35. The van der Waals surface area contributed by atoms with Crippen LogP contribution in [0, 0.1) is 0 Å². The van der Waals surface area contributed by atoms with E-state index in [1.165, 1.54) is 24.3 Å². The van der Waals surface area contributed by atoms with Crippen LogP contribution in [-0.4, -0.2) is 19.3 Å². The Hall–Kier alpha value is -2.50. The molecule has 2 N–H and O–H groups in total. The molecule has 0 spiro atoms. The fourth-order valence-corrected chi connectivity index (χ4v) is 2.28. The summed E-state index contributed by atoms with van der Waals surface area (Å²) < 4.78 is 3.15. The van der Waals surface area contributed by atoms with Crippen LogP contribution in [0.1, 0.15) is 25.7 Å². The average molecular weight is 304 g/mol. The molecule has 0 atom stereocenters. The second kappa shape index (κ2) is 7.49. The van der Waals surface area contributed by atoms with E-state index in [1.807, 2.05) is 0 Å². The maximum atomic E-state index is 11.6. The Morgan fingerprint density at radius 3 is 1.50 bits per heavy atom. The van der Waals surface area contributed by atoms with Crippen LogP contribution in [0.2, 0.25) is 0 Å². The molecular formula is C16H20N2O4. The summed E-state index contributed by atoms with van der Waals surface area (Å²) in [6, 6.07) is 5.41. The molecule has 2 aromatic rings. The number of unbranched alkanes of at least 4 members (excludes halogenated alkanes) is 3. The van der Waals surface area contributed by atoms with Gasteiger partial charge in [0.2, 0.25) is 0 Å². The minimum absolute atomic E-state index is 0.0133. The van der Waals surface area contributed by atoms with Crippen LogP contribution in [0.15, 0.2) is 46.2 Å². The molecule has 118 valence electrons. The molecule has 6 heteroatoms. The summed E-state index contributed by atoms with van der Waals surface area (Å²) >= 11 is 0. The number of nitrogens with zero attached hydrogens (tertiary/aromatic N) is 2. The van der Waals surface area contributed by atoms with Crippen LogP contribution >= 0.6 is 0 Å². The molecule has 6 nitrogen and oxygen atoms in total. The van der Waals surface area contributed by atoms with Crippen molar-refractivity contribution in [3.63, 3.8) is 0 Å². The highest BCUT2D eigenvalue weighted by Crippen LogP contribution is 2.06. The molecule has 0 bridgehead atoms. The molecule has 0 aromatic carbocycles. The lowest BCUT2D eigenvalue weighted by Gasteiger charge is -2.07. The van der Waals surface area contributed by atoms with Crippen molar-refractivity contribution in [3.05, 3.63) is 57.4 Å². The number of pyridine rings is 2. The van der Waals surface area contributed by atoms with E-state index in [2.05, 4.69) is 0 Å². The van der Waals surface area contributed by atoms with Gasteiger partial charge >= 0.3 is 0 Å². The number of aromatic nitrogens is 2. The Bertz CT molecular complexity index is 670. The third kappa shape index (κ3) is 4.51. The van der Waals surface area contributed by atoms with E-state index in [0.29, 0.717) is 13.1 Å². The van der Waals surface area contributed by atoms with Crippen LogP contribution in [0.5, 0.6) is 11.5 Å². The van der Waals surface area contributed by atoms with Gasteiger partial charge in [-0.2, -0.15) is 0 Å². The molecule has 2 rings (SSSR count). The molecule has 2 heterocycles. The number of rotatable bonds is 7. The zero-order valence-corrected chi connectivity index (χ0v) is 12.3. The van der Waals surface area contributed by atoms with Crippen LogP contribution in [0.3, 0.4) is 0 Å². The van der Waals surface area contributed by atoms with Gasteiger partial charge in [0.1, 0.15) is 11.5 Å². The minimum atomic E-state index is -0.198. The molecule has 0 aliphatic rings. The maximum absolute atomic E-state index is 11.6. The van der Waals surface area contributed by atoms with Crippen LogP contribution in [0.4, 0.5) is 0 Å². The highest BCUT2D eigenvalue weighted by atomic mass is 16.3. The summed E-state index contributed by atoms with van der Waals surface area (Å²) in [6.45, 7) is 1.25. The maximum Gasteiger partial charge on any atom is 0.254 e. The molecular weight excluding hydrogens is 284 g/mol. The van der Waals surface area contributed by atoms with E-state index in [-0.39, 0.29) is 22.6 Å². The normalized spacial score (nSPS) is 10.7. The topological polar surface area (TPSA) is 84.5 Å². The van der Waals surface area contributed by atoms with Crippen molar-refractivity contribution >= 4 is 0 Å². The molecule has 0 fully saturated rings. The van der Waals surface area contributed by atoms with Crippen molar-refractivity contribution in [2.75, 3.05) is 0 Å². The summed E-state index contributed by atoms with van der Waals surface area (Å²) in [5.74, 6) is -0.0267. The van der Waals surface area contributed by atoms with Gasteiger partial charge in [0.25, 0.3) is 11.1 Å². The number of hydrogen-bond acceptors (Lipinski definition) is 4. The Labute approximate surface area is 127 Å². The van der Waals surface area contributed by atoms with Gasteiger partial charge in [0.15, 0.2) is 0 Å². The van der Waals surface area contributed by atoms with Gasteiger partial charge in [-0.3, -0.25) is 9.59 Å². The standard InChI is InChI=1S/C16H20N2O4/c19-13-5-9-17(15(21)11-13)7-3-1-2-4-8-18-10-6-14(20)12-16(18)22/h5-6,9-12,19-20H,1-4,7-8H2. The molecule has 0 unspecified atom stereocenters. The van der Waals surface area contributed by atoms with E-state index in [9.17, 15) is 19.8 Å². The first-order chi connectivity index (χ1) is 10.6. The van der Waals surface area contributed by atoms with Crippen molar-refractivity contribution in [2.45, 2.75) is 38.8 Å². The molecule has 0 aliphatic heterocycles. The van der Waals surface area contributed by atoms with Gasteiger partial charge in [-0.15, -0.1) is 0 Å². The van der Waals surface area contributed by atoms with Crippen LogP contribution in [-0.2, 0) is 13.1 Å². The van der Waals surface area contributed by atoms with Crippen molar-refractivity contribution in [3.8, 4) is 11.5 Å². The van der Waals surface area contributed by atoms with Gasteiger partial charge in [-0.05, 0) is 25.0 Å². The predicted octanol–water partition coefficient (Wildman–Crippen LogP) is 1.68. The quantitative estimate of drug-likeness (QED) is 0.762. The van der Waals surface area contributed by atoms with E-state index < -0.39 is 0 Å². The summed E-state index contributed by atoms with van der Waals surface area (Å²) in [5.41, 5.74) is -0.397. The number of aromatic hydroxyl groups is 2. The van der Waals surface area contributed by atoms with E-state index in [0.717, 1.165) is 25.7 Å². The second-order valence-electron chi connectivity index (χ2n) is 5.25. The van der Waals surface area contributed by atoms with Gasteiger partial charge in [-0.25, -0.2) is 0 Å². The zero-order chi connectivity index (χ0) is 15.9. The lowest BCUT2D eigenvalue weighted by molar-refractivity contribution is 0.466. The summed E-state index contributed by atoms with van der Waals surface area (Å²) in [6.07, 6.45) is 6.84. The molecule has 22 heavy (non-hydrogen) atoms. The first-order valence-electron chi connectivity index (χ1n) is 7.35. The van der Waals surface area contributed by atoms with Gasteiger partial charge in [0, 0.05) is 37.6 Å². The Morgan fingerprint density at radius 2 is 1.14 bits per heavy atom. The van der Waals surface area contributed by atoms with Gasteiger partial charge < -0.3 is 19.3 Å². The highest BCUT2D eigenvalue weighted by molar-refractivity contribution is 5.16. The fraction of sp³-hybridized carbons (Fsp3) is 0.375. The Kier molecular flexibility index (Phi) is 5.41. The Balaban J connectivity index is 1.69. The largest absolute Gasteiger partial charge is 0.508 e. The molecule has 0 radical (unpaired) electrons. The average Bonchev–Trinajstić information content (AvgIpc) is 2.46. The SMILES string of the molecule is O=c1cc(O)ccn1CCCCCCn1ccc(O)cc1=O. The van der Waals surface area contributed by atoms with Crippen molar-refractivity contribution in [1.29, 1.82) is 0 Å². The third-order valence-corrected chi connectivity index (χ3v) is 3.51. The lowest BCUT2D eigenvalue weighted by atomic mass is 10.2. The van der Waals surface area contributed by atoms with Gasteiger partial charge in [-0.1, -0.05) is 12.8 Å². The van der Waals surface area contributed by atoms with E-state index in [4.69, 9.17) is 0 Å². The van der Waals surface area contributed by atoms with Crippen LogP contribution < -0.4 is 11.1 Å². The molecule has 0 aliphatic carbocycles. The van der Waals surface area contributed by atoms with Crippen molar-refractivity contribution < 1.29 is 10.2 Å². The number of hydrogen-bond donors (Lipinski definition) is 2. The summed E-state index contributed by atoms with van der Waals surface area (Å²) in [7, 11) is 0. The molecule has 0 saturated carbocycles. The zero-order valence-electron chi connectivity index (χ0n) is 12.3. The molecule has 2 aromatic heterocycles. The van der Waals surface area contributed by atoms with Crippen LogP contribution in [0.25, 0.3) is 0 Å². The third-order valence-electron chi connectivity index (χ3n) is 3.51. The summed E-state index contributed by atoms with van der Waals surface area (Å²) in [5, 5.41) is 18.3.